The van der Waals surface area contributed by atoms with Gasteiger partial charge in [-0.05, 0) is 59.5 Å². The Bertz CT molecular complexity index is 2230. The zero-order valence-corrected chi connectivity index (χ0v) is 29.4. The highest BCUT2D eigenvalue weighted by atomic mass is 35.5. The molecule has 6 aromatic rings. The summed E-state index contributed by atoms with van der Waals surface area (Å²) in [4.78, 5) is 31.7. The van der Waals surface area contributed by atoms with Crippen LogP contribution in [0.1, 0.15) is 47.2 Å². The molecule has 4 N–H and O–H groups in total. The lowest BCUT2D eigenvalue weighted by molar-refractivity contribution is -0.139. The Balaban J connectivity index is 0.993. The van der Waals surface area contributed by atoms with Gasteiger partial charge in [0.25, 0.3) is 5.91 Å². The van der Waals surface area contributed by atoms with Crippen molar-refractivity contribution in [1.82, 2.24) is 20.0 Å². The third-order valence-electron chi connectivity index (χ3n) is 9.74. The maximum Gasteiger partial charge on any atom is 0.264 e. The van der Waals surface area contributed by atoms with E-state index in [9.17, 15) is 19.8 Å². The van der Waals surface area contributed by atoms with Crippen LogP contribution in [0, 0.1) is 5.92 Å². The molecule has 0 radical (unpaired) electrons. The molecule has 11 heteroatoms. The molecule has 3 atom stereocenters. The van der Waals surface area contributed by atoms with Crippen LogP contribution in [-0.2, 0) is 34.7 Å². The molecule has 0 saturated carbocycles. The molecular formula is C41H39ClN6O4. The number of hydrogen-bond donors (Lipinski definition) is 4. The number of carbonyl (C=O) groups excluding carboxylic acids is 2. The average Bonchev–Trinajstić information content (AvgIpc) is 3.85. The minimum atomic E-state index is -1.82. The van der Waals surface area contributed by atoms with Crippen molar-refractivity contribution in [2.45, 2.75) is 44.4 Å². The van der Waals surface area contributed by atoms with Crippen LogP contribution in [0.25, 0.3) is 10.9 Å². The smallest absolute Gasteiger partial charge is 0.264 e. The number of aromatic nitrogens is 4. The summed E-state index contributed by atoms with van der Waals surface area (Å²) < 4.78 is 1.72. The number of aryl methyl sites for hydroxylation is 1. The number of carbonyl (C=O) groups is 2. The van der Waals surface area contributed by atoms with Crippen molar-refractivity contribution in [1.29, 1.82) is 0 Å². The van der Waals surface area contributed by atoms with E-state index in [1.54, 1.807) is 27.8 Å². The van der Waals surface area contributed by atoms with E-state index in [1.165, 1.54) is 0 Å². The van der Waals surface area contributed by atoms with Crippen molar-refractivity contribution in [3.63, 3.8) is 0 Å². The molecule has 2 amide bonds. The molecule has 0 saturated heterocycles. The predicted molar refractivity (Wildman–Crippen MR) is 202 cm³/mol. The number of aliphatic hydroxyl groups is 2. The van der Waals surface area contributed by atoms with Crippen molar-refractivity contribution in [3.05, 3.63) is 155 Å². The molecule has 0 aliphatic carbocycles. The molecule has 52 heavy (non-hydrogen) atoms. The summed E-state index contributed by atoms with van der Waals surface area (Å²) in [7, 11) is 0. The van der Waals surface area contributed by atoms with Crippen LogP contribution in [0.2, 0.25) is 5.02 Å². The second-order valence-corrected chi connectivity index (χ2v) is 13.6. The summed E-state index contributed by atoms with van der Waals surface area (Å²) >= 11 is 6.38. The van der Waals surface area contributed by atoms with Gasteiger partial charge in [-0.1, -0.05) is 96.6 Å². The molecule has 10 nitrogen and oxygen atoms in total. The van der Waals surface area contributed by atoms with Gasteiger partial charge in [0.15, 0.2) is 5.60 Å². The fraction of sp³-hybridized carbons (Fsp3) is 0.220. The molecule has 2 aromatic heterocycles. The number of benzene rings is 4. The number of halogens is 1. The van der Waals surface area contributed by atoms with E-state index in [2.05, 4.69) is 20.6 Å². The molecule has 1 aliphatic rings. The van der Waals surface area contributed by atoms with E-state index in [0.717, 1.165) is 27.6 Å². The molecule has 0 bridgehead atoms. The van der Waals surface area contributed by atoms with Crippen LogP contribution >= 0.6 is 11.6 Å². The lowest BCUT2D eigenvalue weighted by Gasteiger charge is -2.27. The SMILES string of the molecule is C[C@@H](/C=C/CCn1cc(C(CO)c2ccccc2)nn1)[C@]1(O)C(=O)N(Cc2ccc(NC(=O)Cc3c[nH]c4ccccc34)cc2)c2ccc(Cl)cc21. The van der Waals surface area contributed by atoms with E-state index in [0.29, 0.717) is 40.6 Å². The van der Waals surface area contributed by atoms with Crippen LogP contribution in [0.4, 0.5) is 11.4 Å². The average molecular weight is 715 g/mol. The summed E-state index contributed by atoms with van der Waals surface area (Å²) in [6.07, 6.45) is 8.29. The van der Waals surface area contributed by atoms with Crippen LogP contribution < -0.4 is 10.2 Å². The Labute approximate surface area is 306 Å². The fourth-order valence-electron chi connectivity index (χ4n) is 6.89. The summed E-state index contributed by atoms with van der Waals surface area (Å²) in [6.45, 7) is 2.49. The number of aromatic amines is 1. The number of H-pyrrole nitrogens is 1. The number of fused-ring (bicyclic) bond motifs is 2. The van der Waals surface area contributed by atoms with Gasteiger partial charge in [0, 0.05) is 52.0 Å². The molecular weight excluding hydrogens is 676 g/mol. The molecule has 1 aliphatic heterocycles. The summed E-state index contributed by atoms with van der Waals surface area (Å²) in [6, 6.07) is 30.1. The Morgan fingerprint density at radius 2 is 1.81 bits per heavy atom. The Morgan fingerprint density at radius 3 is 2.60 bits per heavy atom. The molecule has 3 heterocycles. The predicted octanol–water partition coefficient (Wildman–Crippen LogP) is 6.74. The third kappa shape index (κ3) is 7.01. The lowest BCUT2D eigenvalue weighted by Crippen LogP contribution is -2.44. The first-order valence-electron chi connectivity index (χ1n) is 17.2. The number of amides is 2. The molecule has 0 spiro atoms. The third-order valence-corrected chi connectivity index (χ3v) is 9.98. The van der Waals surface area contributed by atoms with Gasteiger partial charge >= 0.3 is 0 Å². The first-order valence-corrected chi connectivity index (χ1v) is 17.6. The van der Waals surface area contributed by atoms with Crippen LogP contribution in [0.15, 0.2) is 122 Å². The van der Waals surface area contributed by atoms with Gasteiger partial charge in [0.1, 0.15) is 0 Å². The summed E-state index contributed by atoms with van der Waals surface area (Å²) in [5, 5.41) is 35.0. The zero-order valence-electron chi connectivity index (χ0n) is 28.6. The van der Waals surface area contributed by atoms with Crippen molar-refractivity contribution in [2.75, 3.05) is 16.8 Å². The topological polar surface area (TPSA) is 136 Å². The number of hydrogen-bond acceptors (Lipinski definition) is 6. The second kappa shape index (κ2) is 15.0. The maximum atomic E-state index is 14.1. The molecule has 4 aromatic carbocycles. The highest BCUT2D eigenvalue weighted by Gasteiger charge is 2.52. The van der Waals surface area contributed by atoms with E-state index in [1.807, 2.05) is 110 Å². The van der Waals surface area contributed by atoms with Crippen LogP contribution in [0.5, 0.6) is 0 Å². The quantitative estimate of drug-likeness (QED) is 0.0980. The highest BCUT2D eigenvalue weighted by molar-refractivity contribution is 6.31. The van der Waals surface area contributed by atoms with E-state index < -0.39 is 17.4 Å². The largest absolute Gasteiger partial charge is 0.395 e. The first kappa shape index (κ1) is 34.9. The molecule has 0 fully saturated rings. The molecule has 1 unspecified atom stereocenters. The van der Waals surface area contributed by atoms with Gasteiger partial charge in [-0.3, -0.25) is 14.3 Å². The van der Waals surface area contributed by atoms with E-state index in [-0.39, 0.29) is 31.4 Å². The minimum Gasteiger partial charge on any atom is -0.395 e. The fourth-order valence-corrected chi connectivity index (χ4v) is 7.06. The number of anilines is 2. The van der Waals surface area contributed by atoms with E-state index in [4.69, 9.17) is 11.6 Å². The van der Waals surface area contributed by atoms with Gasteiger partial charge in [0.2, 0.25) is 5.91 Å². The highest BCUT2D eigenvalue weighted by Crippen LogP contribution is 2.46. The zero-order chi connectivity index (χ0) is 36.2. The second-order valence-electron chi connectivity index (χ2n) is 13.2. The Kier molecular flexibility index (Phi) is 10.0. The van der Waals surface area contributed by atoms with Gasteiger partial charge in [0.05, 0.1) is 36.9 Å². The monoisotopic (exact) mass is 714 g/mol. The van der Waals surface area contributed by atoms with Crippen molar-refractivity contribution < 1.29 is 19.8 Å². The number of nitrogens with one attached hydrogen (secondary N) is 2. The van der Waals surface area contributed by atoms with Gasteiger partial charge < -0.3 is 25.4 Å². The van der Waals surface area contributed by atoms with E-state index >= 15 is 0 Å². The summed E-state index contributed by atoms with van der Waals surface area (Å²) in [5.41, 5.74) is 4.28. The van der Waals surface area contributed by atoms with Crippen molar-refractivity contribution >= 4 is 45.7 Å². The Hall–Kier alpha value is -5.55. The first-order chi connectivity index (χ1) is 25.2. The minimum absolute atomic E-state index is 0.0775. The molecule has 264 valence electrons. The molecule has 7 rings (SSSR count). The van der Waals surface area contributed by atoms with Crippen LogP contribution in [-0.4, -0.2) is 48.6 Å². The number of aliphatic hydroxyl groups excluding tert-OH is 1. The standard InChI is InChI=1S/C41H39ClN6O4/c1-27(9-7-8-20-47-25-37(45-46-47)34(26-49)29-10-3-2-4-11-29)41(52)35-22-31(42)16-19-38(35)48(40(41)51)24-28-14-17-32(18-15-28)44-39(50)21-30-23-43-36-13-6-5-12-33(30)36/h2-7,9-19,22-23,25,27,34,43,49,52H,8,20-21,24,26H2,1H3,(H,44,50)/b9-7+/t27-,34?,41+/m0/s1. The number of nitrogens with zero attached hydrogens (tertiary/aromatic N) is 4. The van der Waals surface area contributed by atoms with Gasteiger partial charge in [-0.15, -0.1) is 5.10 Å². The van der Waals surface area contributed by atoms with Gasteiger partial charge in [-0.2, -0.15) is 0 Å². The van der Waals surface area contributed by atoms with Crippen molar-refractivity contribution in [3.8, 4) is 0 Å². The summed E-state index contributed by atoms with van der Waals surface area (Å²) in [5.74, 6) is -1.40. The maximum absolute atomic E-state index is 14.1. The Morgan fingerprint density at radius 1 is 1.04 bits per heavy atom. The lowest BCUT2D eigenvalue weighted by atomic mass is 9.83. The number of rotatable bonds is 13. The van der Waals surface area contributed by atoms with Crippen molar-refractivity contribution in [2.24, 2.45) is 5.92 Å². The normalized spacial score (nSPS) is 16.8. The van der Waals surface area contributed by atoms with Crippen LogP contribution in [0.3, 0.4) is 0 Å². The number of para-hydroxylation sites is 1. The van der Waals surface area contributed by atoms with Gasteiger partial charge in [-0.25, -0.2) is 0 Å². The number of allylic oxidation sites excluding steroid dienone is 1.